The smallest absolute Gasteiger partial charge is 0.162 e. The molecule has 1 rings (SSSR count). The lowest BCUT2D eigenvalue weighted by atomic mass is 10.1. The van der Waals surface area contributed by atoms with Gasteiger partial charge in [0.2, 0.25) is 0 Å². The molecule has 1 atom stereocenters. The predicted octanol–water partition coefficient (Wildman–Crippen LogP) is -1.53. The van der Waals surface area contributed by atoms with Gasteiger partial charge in [-0.1, -0.05) is 0 Å². The van der Waals surface area contributed by atoms with E-state index in [0.717, 1.165) is 11.3 Å². The van der Waals surface area contributed by atoms with Gasteiger partial charge in [-0.2, -0.15) is 0 Å². The number of thiazole rings is 1. The van der Waals surface area contributed by atoms with Crippen molar-refractivity contribution in [3.63, 3.8) is 0 Å². The predicted molar refractivity (Wildman–Crippen MR) is 64.3 cm³/mol. The maximum Gasteiger partial charge on any atom is 0.162 e. The van der Waals surface area contributed by atoms with Gasteiger partial charge in [0.25, 0.3) is 0 Å². The van der Waals surface area contributed by atoms with Crippen LogP contribution in [0.5, 0.6) is 0 Å². The molecule has 0 aromatic carbocycles. The first-order valence-electron chi connectivity index (χ1n) is 4.66. The van der Waals surface area contributed by atoms with E-state index in [9.17, 15) is 5.11 Å². The molecule has 1 unspecified atom stereocenters. The topological polar surface area (TPSA) is 132 Å². The maximum absolute atomic E-state index is 9.89. The Bertz CT molecular complexity index is 417. The van der Waals surface area contributed by atoms with Gasteiger partial charge in [-0.3, -0.25) is 5.14 Å². The fourth-order valence-corrected chi connectivity index (χ4v) is 3.27. The van der Waals surface area contributed by atoms with E-state index >= 15 is 0 Å². The average Bonchev–Trinajstić information content (AvgIpc) is 2.81. The SMILES string of the molecule is CN=S(N)c1sc(C(O)(CO)CO)nc1CO. The third kappa shape index (κ3) is 2.88. The van der Waals surface area contributed by atoms with Gasteiger partial charge in [0.05, 0.1) is 25.5 Å². The molecule has 0 radical (unpaired) electrons. The van der Waals surface area contributed by atoms with Gasteiger partial charge >= 0.3 is 0 Å². The first-order valence-corrected chi connectivity index (χ1v) is 6.72. The molecule has 0 fully saturated rings. The first kappa shape index (κ1) is 14.6. The summed E-state index contributed by atoms with van der Waals surface area (Å²) < 4.78 is 4.41. The van der Waals surface area contributed by atoms with Crippen LogP contribution in [0.25, 0.3) is 0 Å². The lowest BCUT2D eigenvalue weighted by Gasteiger charge is -2.19. The Kier molecular flexibility index (Phi) is 5.13. The Hall–Kier alpha value is -0.420. The summed E-state index contributed by atoms with van der Waals surface area (Å²) >= 11 is 1.03. The van der Waals surface area contributed by atoms with Crippen LogP contribution in [0.15, 0.2) is 8.57 Å². The molecule has 0 amide bonds. The van der Waals surface area contributed by atoms with Crippen molar-refractivity contribution in [3.05, 3.63) is 10.7 Å². The number of aliphatic hydroxyl groups is 4. The zero-order chi connectivity index (χ0) is 13.1. The Morgan fingerprint density at radius 2 is 2.00 bits per heavy atom. The number of aliphatic hydroxyl groups excluding tert-OH is 3. The molecule has 0 spiro atoms. The van der Waals surface area contributed by atoms with Crippen LogP contribution < -0.4 is 5.14 Å². The monoisotopic (exact) mass is 281 g/mol. The molecule has 17 heavy (non-hydrogen) atoms. The van der Waals surface area contributed by atoms with Crippen LogP contribution in [0, 0.1) is 0 Å². The molecular formula is C8H15N3O4S2. The molecule has 0 saturated heterocycles. The lowest BCUT2D eigenvalue weighted by molar-refractivity contribution is -0.0600. The van der Waals surface area contributed by atoms with E-state index in [1.807, 2.05) is 0 Å². The fraction of sp³-hybridized carbons (Fsp3) is 0.625. The summed E-state index contributed by atoms with van der Waals surface area (Å²) in [7, 11) is 0.613. The molecular weight excluding hydrogens is 266 g/mol. The van der Waals surface area contributed by atoms with Gasteiger partial charge in [-0.25, -0.2) is 9.35 Å². The van der Waals surface area contributed by atoms with E-state index in [-0.39, 0.29) is 11.6 Å². The molecule has 7 nitrogen and oxygen atoms in total. The number of nitrogens with zero attached hydrogens (tertiary/aromatic N) is 2. The standard InChI is InChI=1S/C8H15N3O4S2/c1-10-17(9)6-5(2-12)11-7(16-6)8(15,3-13)4-14/h12-15H,2-4H2,1H3,(H2,9,10). The van der Waals surface area contributed by atoms with Crippen molar-refractivity contribution < 1.29 is 20.4 Å². The second-order valence-electron chi connectivity index (χ2n) is 3.26. The highest BCUT2D eigenvalue weighted by Gasteiger charge is 2.33. The van der Waals surface area contributed by atoms with Gasteiger partial charge in [0.15, 0.2) is 5.60 Å². The number of nitrogens with two attached hydrogens (primary N) is 1. The van der Waals surface area contributed by atoms with E-state index in [1.165, 1.54) is 7.05 Å². The van der Waals surface area contributed by atoms with Crippen molar-refractivity contribution in [2.45, 2.75) is 16.4 Å². The van der Waals surface area contributed by atoms with Crippen molar-refractivity contribution in [2.24, 2.45) is 9.50 Å². The molecule has 0 bridgehead atoms. The number of aromatic nitrogens is 1. The molecule has 6 N–H and O–H groups in total. The molecule has 0 aliphatic heterocycles. The van der Waals surface area contributed by atoms with Crippen molar-refractivity contribution in [1.29, 1.82) is 0 Å². The van der Waals surface area contributed by atoms with Crippen molar-refractivity contribution >= 4 is 22.2 Å². The molecule has 0 aliphatic rings. The van der Waals surface area contributed by atoms with Crippen LogP contribution in [0.3, 0.4) is 0 Å². The van der Waals surface area contributed by atoms with Gasteiger partial charge in [-0.15, -0.1) is 11.3 Å². The van der Waals surface area contributed by atoms with E-state index in [0.29, 0.717) is 9.90 Å². The number of hydrogen-bond acceptors (Lipinski definition) is 7. The summed E-state index contributed by atoms with van der Waals surface area (Å²) in [4.78, 5) is 3.98. The molecule has 1 heterocycles. The van der Waals surface area contributed by atoms with Gasteiger partial charge < -0.3 is 20.4 Å². The van der Waals surface area contributed by atoms with Crippen molar-refractivity contribution in [3.8, 4) is 0 Å². The Morgan fingerprint density at radius 3 is 2.41 bits per heavy atom. The second kappa shape index (κ2) is 5.96. The molecule has 0 aliphatic carbocycles. The molecule has 98 valence electrons. The highest BCUT2D eigenvalue weighted by Crippen LogP contribution is 2.30. The molecule has 1 aromatic heterocycles. The van der Waals surface area contributed by atoms with Crippen LogP contribution >= 0.6 is 11.3 Å². The molecule has 0 saturated carbocycles. The maximum atomic E-state index is 9.89. The third-order valence-electron chi connectivity index (χ3n) is 2.12. The zero-order valence-electron chi connectivity index (χ0n) is 9.20. The van der Waals surface area contributed by atoms with Gasteiger partial charge in [0.1, 0.15) is 9.22 Å². The minimum absolute atomic E-state index is 0.119. The minimum atomic E-state index is -1.81. The van der Waals surface area contributed by atoms with Gasteiger partial charge in [-0.05, 0) is 0 Å². The summed E-state index contributed by atoms with van der Waals surface area (Å²) in [5.74, 6) is 0. The van der Waals surface area contributed by atoms with Crippen LogP contribution in [0.4, 0.5) is 0 Å². The average molecular weight is 281 g/mol. The summed E-state index contributed by atoms with van der Waals surface area (Å²) in [5.41, 5.74) is -1.51. The van der Waals surface area contributed by atoms with Crippen molar-refractivity contribution in [1.82, 2.24) is 4.98 Å². The van der Waals surface area contributed by atoms with Crippen molar-refractivity contribution in [2.75, 3.05) is 20.3 Å². The fourth-order valence-electron chi connectivity index (χ4n) is 1.07. The normalized spacial score (nSPS) is 14.2. The summed E-state index contributed by atoms with van der Waals surface area (Å²) in [6.45, 7) is -1.67. The zero-order valence-corrected chi connectivity index (χ0v) is 10.8. The molecule has 1 aromatic rings. The number of hydrogen-bond donors (Lipinski definition) is 5. The Morgan fingerprint density at radius 1 is 1.41 bits per heavy atom. The van der Waals surface area contributed by atoms with E-state index < -0.39 is 29.7 Å². The number of rotatable bonds is 5. The second-order valence-corrected chi connectivity index (χ2v) is 5.92. The third-order valence-corrected chi connectivity index (χ3v) is 4.98. The van der Waals surface area contributed by atoms with Crippen LogP contribution in [0.1, 0.15) is 10.7 Å². The van der Waals surface area contributed by atoms with Crippen LogP contribution in [-0.2, 0) is 23.1 Å². The van der Waals surface area contributed by atoms with E-state index in [4.69, 9.17) is 20.5 Å². The Balaban J connectivity index is 3.26. The highest BCUT2D eigenvalue weighted by atomic mass is 32.2. The van der Waals surface area contributed by atoms with E-state index in [1.54, 1.807) is 0 Å². The summed E-state index contributed by atoms with van der Waals surface area (Å²) in [5, 5.41) is 43.0. The van der Waals surface area contributed by atoms with Crippen LogP contribution in [-0.4, -0.2) is 45.7 Å². The summed E-state index contributed by atoms with van der Waals surface area (Å²) in [6, 6.07) is 0. The Labute approximate surface area is 105 Å². The van der Waals surface area contributed by atoms with E-state index in [2.05, 4.69) is 9.35 Å². The first-order chi connectivity index (χ1) is 8.02. The van der Waals surface area contributed by atoms with Gasteiger partial charge in [0, 0.05) is 17.9 Å². The molecule has 9 heteroatoms. The minimum Gasteiger partial charge on any atom is -0.393 e. The highest BCUT2D eigenvalue weighted by molar-refractivity contribution is 7.87. The summed E-state index contributed by atoms with van der Waals surface area (Å²) in [6.07, 6.45) is 0. The lowest BCUT2D eigenvalue weighted by Crippen LogP contribution is -2.34. The quantitative estimate of drug-likeness (QED) is 0.445. The largest absolute Gasteiger partial charge is 0.393 e. The van der Waals surface area contributed by atoms with Crippen LogP contribution in [0.2, 0.25) is 0 Å².